The zero-order valence-corrected chi connectivity index (χ0v) is 25.2. The molecule has 45 heavy (non-hydrogen) atoms. The number of rotatable bonds is 8. The summed E-state index contributed by atoms with van der Waals surface area (Å²) in [5.74, 6) is -2.57. The van der Waals surface area contributed by atoms with Crippen LogP contribution in [0, 0.1) is 12.7 Å². The van der Waals surface area contributed by atoms with Crippen molar-refractivity contribution in [3.8, 4) is 11.3 Å². The number of benzene rings is 4. The molecule has 7 nitrogen and oxygen atoms in total. The van der Waals surface area contributed by atoms with Crippen molar-refractivity contribution in [2.24, 2.45) is 0 Å². The van der Waals surface area contributed by atoms with E-state index in [-0.39, 0.29) is 23.4 Å². The predicted molar refractivity (Wildman–Crippen MR) is 170 cm³/mol. The number of ether oxygens (including phenoxy) is 1. The van der Waals surface area contributed by atoms with E-state index in [0.717, 1.165) is 17.0 Å². The van der Waals surface area contributed by atoms with Gasteiger partial charge in [-0.05, 0) is 73.2 Å². The highest BCUT2D eigenvalue weighted by Gasteiger charge is 2.36. The molecule has 10 heteroatoms. The molecule has 1 aliphatic rings. The molecule has 0 saturated carbocycles. The molecule has 0 radical (unpaired) electrons. The van der Waals surface area contributed by atoms with Crippen LogP contribution in [0.3, 0.4) is 0 Å². The van der Waals surface area contributed by atoms with E-state index >= 15 is 0 Å². The van der Waals surface area contributed by atoms with Gasteiger partial charge in [0.25, 0.3) is 11.8 Å². The quantitative estimate of drug-likeness (QED) is 0.0742. The van der Waals surface area contributed by atoms with Gasteiger partial charge in [0.05, 0.1) is 33.6 Å². The minimum atomic E-state index is -1.21. The number of ketones is 1. The summed E-state index contributed by atoms with van der Waals surface area (Å²) in [4.78, 5) is 58.7. The second kappa shape index (κ2) is 12.2. The molecule has 0 spiro atoms. The van der Waals surface area contributed by atoms with Crippen molar-refractivity contribution in [3.63, 3.8) is 0 Å². The third-order valence-corrected chi connectivity index (χ3v) is 8.27. The monoisotopic (exact) mass is 640 g/mol. The Bertz CT molecular complexity index is 1980. The van der Waals surface area contributed by atoms with Gasteiger partial charge in [-0.25, -0.2) is 19.1 Å². The van der Waals surface area contributed by atoms with Crippen LogP contribution in [-0.4, -0.2) is 40.5 Å². The number of anilines is 1. The van der Waals surface area contributed by atoms with Gasteiger partial charge >= 0.3 is 5.97 Å². The van der Waals surface area contributed by atoms with Gasteiger partial charge < -0.3 is 4.74 Å². The zero-order valence-electron chi connectivity index (χ0n) is 23.7. The Kier molecular flexibility index (Phi) is 8.18. The van der Waals surface area contributed by atoms with Crippen molar-refractivity contribution in [2.75, 3.05) is 10.8 Å². The number of hydrogen-bond donors (Lipinski definition) is 0. The minimum absolute atomic E-state index is 0.0430. The van der Waals surface area contributed by atoms with Gasteiger partial charge in [-0.2, -0.15) is 0 Å². The van der Waals surface area contributed by atoms with Crippen molar-refractivity contribution >= 4 is 63.4 Å². The van der Waals surface area contributed by atoms with Crippen LogP contribution in [0.4, 0.5) is 10.1 Å². The summed E-state index contributed by atoms with van der Waals surface area (Å²) in [6, 6.07) is 23.1. The van der Waals surface area contributed by atoms with Crippen LogP contribution in [0.1, 0.15) is 53.4 Å². The lowest BCUT2D eigenvalue weighted by molar-refractivity contribution is 0.0280. The molecule has 5 aromatic rings. The molecule has 0 fully saturated rings. The van der Waals surface area contributed by atoms with Crippen molar-refractivity contribution in [1.82, 2.24) is 4.98 Å². The molecule has 6 rings (SSSR count). The number of aryl methyl sites for hydroxylation is 1. The summed E-state index contributed by atoms with van der Waals surface area (Å²) in [7, 11) is 0. The van der Waals surface area contributed by atoms with Crippen LogP contribution >= 0.6 is 23.2 Å². The molecular formula is C35H23Cl2FN2O5. The Morgan fingerprint density at radius 3 is 2.18 bits per heavy atom. The number of pyridine rings is 1. The van der Waals surface area contributed by atoms with E-state index in [0.29, 0.717) is 49.6 Å². The van der Waals surface area contributed by atoms with Crippen molar-refractivity contribution in [3.05, 3.63) is 130 Å². The van der Waals surface area contributed by atoms with E-state index in [1.54, 1.807) is 73.7 Å². The van der Waals surface area contributed by atoms with E-state index in [1.165, 1.54) is 12.1 Å². The standard InChI is InChI=1S/C35H23Cl2FN2O5/c1-19-28(37)15-14-24-27(35(44)45-30(16-17-36)32(41)21-6-10-22(38)11-7-21)18-29(39-31(19)24)20-8-12-23(13-9-20)40-33(42)25-4-2-3-5-26(25)34(40)43/h2-15,18,30H,16-17H2,1H3. The van der Waals surface area contributed by atoms with Crippen LogP contribution in [0.15, 0.2) is 91.0 Å². The highest BCUT2D eigenvalue weighted by Crippen LogP contribution is 2.33. The number of amides is 2. The smallest absolute Gasteiger partial charge is 0.339 e. The van der Waals surface area contributed by atoms with Crippen LogP contribution in [-0.2, 0) is 4.74 Å². The van der Waals surface area contributed by atoms with Gasteiger partial charge in [-0.3, -0.25) is 14.4 Å². The van der Waals surface area contributed by atoms with Crippen molar-refractivity contribution in [1.29, 1.82) is 0 Å². The molecule has 1 unspecified atom stereocenters. The number of halogens is 3. The van der Waals surface area contributed by atoms with Gasteiger partial charge in [0.15, 0.2) is 6.10 Å². The maximum absolute atomic E-state index is 13.7. The molecule has 224 valence electrons. The minimum Gasteiger partial charge on any atom is -0.450 e. The first-order valence-corrected chi connectivity index (χ1v) is 14.8. The summed E-state index contributed by atoms with van der Waals surface area (Å²) >= 11 is 12.4. The van der Waals surface area contributed by atoms with Crippen molar-refractivity contribution < 1.29 is 28.3 Å². The first-order valence-electron chi connectivity index (χ1n) is 13.9. The first-order chi connectivity index (χ1) is 21.7. The molecule has 2 amide bonds. The molecule has 0 saturated heterocycles. The lowest BCUT2D eigenvalue weighted by Crippen LogP contribution is -2.29. The fourth-order valence-corrected chi connectivity index (χ4v) is 5.61. The van der Waals surface area contributed by atoms with E-state index in [4.69, 9.17) is 32.9 Å². The lowest BCUT2D eigenvalue weighted by atomic mass is 10.0. The fraction of sp³-hybridized carbons (Fsp3) is 0.114. The number of hydrogen-bond acceptors (Lipinski definition) is 6. The van der Waals surface area contributed by atoms with Gasteiger partial charge in [-0.1, -0.05) is 41.9 Å². The van der Waals surface area contributed by atoms with Crippen LogP contribution in [0.25, 0.3) is 22.2 Å². The molecule has 2 heterocycles. The topological polar surface area (TPSA) is 93.6 Å². The van der Waals surface area contributed by atoms with Crippen molar-refractivity contribution in [2.45, 2.75) is 19.4 Å². The number of fused-ring (bicyclic) bond motifs is 2. The normalized spacial score (nSPS) is 13.2. The number of Topliss-reactive ketones (excluding diaryl/α,β-unsaturated/α-hetero) is 1. The van der Waals surface area contributed by atoms with Gasteiger partial charge in [0.1, 0.15) is 5.82 Å². The third kappa shape index (κ3) is 5.59. The molecule has 0 N–H and O–H groups in total. The average Bonchev–Trinajstić information content (AvgIpc) is 3.31. The number of alkyl halides is 1. The predicted octanol–water partition coefficient (Wildman–Crippen LogP) is 7.84. The Morgan fingerprint density at radius 2 is 1.56 bits per heavy atom. The van der Waals surface area contributed by atoms with Gasteiger partial charge in [0, 0.05) is 33.8 Å². The number of carbonyl (C=O) groups excluding carboxylic acids is 4. The van der Waals surface area contributed by atoms with Gasteiger partial charge in [-0.15, -0.1) is 11.6 Å². The molecule has 1 aromatic heterocycles. The summed E-state index contributed by atoms with van der Waals surface area (Å²) in [5.41, 5.74) is 3.45. The molecule has 1 aliphatic heterocycles. The first kappa shape index (κ1) is 30.1. The molecule has 0 bridgehead atoms. The van der Waals surface area contributed by atoms with E-state index in [2.05, 4.69) is 0 Å². The number of nitrogens with zero attached hydrogens (tertiary/aromatic N) is 2. The average molecular weight is 641 g/mol. The van der Waals surface area contributed by atoms with E-state index in [1.807, 2.05) is 0 Å². The molecular weight excluding hydrogens is 618 g/mol. The Balaban J connectivity index is 1.36. The maximum atomic E-state index is 13.7. The SMILES string of the molecule is Cc1c(Cl)ccc2c(C(=O)OC(CCCl)C(=O)c3ccc(F)cc3)cc(-c3ccc(N4C(=O)c5ccccc5C4=O)cc3)nc12. The highest BCUT2D eigenvalue weighted by molar-refractivity contribution is 6.34. The number of aromatic nitrogens is 1. The lowest BCUT2D eigenvalue weighted by Gasteiger charge is -2.18. The molecule has 1 atom stereocenters. The number of carbonyl (C=O) groups is 4. The number of esters is 1. The second-order valence-electron chi connectivity index (χ2n) is 10.4. The summed E-state index contributed by atoms with van der Waals surface area (Å²) < 4.78 is 19.2. The molecule has 4 aromatic carbocycles. The fourth-order valence-electron chi connectivity index (χ4n) is 5.26. The Morgan fingerprint density at radius 1 is 0.911 bits per heavy atom. The summed E-state index contributed by atoms with van der Waals surface area (Å²) in [5, 5.41) is 0.908. The van der Waals surface area contributed by atoms with E-state index < -0.39 is 35.5 Å². The highest BCUT2D eigenvalue weighted by atomic mass is 35.5. The van der Waals surface area contributed by atoms with Crippen LogP contribution in [0.5, 0.6) is 0 Å². The van der Waals surface area contributed by atoms with E-state index in [9.17, 15) is 23.6 Å². The molecule has 0 aliphatic carbocycles. The summed E-state index contributed by atoms with van der Waals surface area (Å²) in [6.07, 6.45) is -1.16. The van der Waals surface area contributed by atoms with Crippen LogP contribution in [0.2, 0.25) is 5.02 Å². The van der Waals surface area contributed by atoms with Crippen LogP contribution < -0.4 is 4.90 Å². The third-order valence-electron chi connectivity index (χ3n) is 7.65. The Labute approximate surface area is 267 Å². The van der Waals surface area contributed by atoms with Gasteiger partial charge in [0.2, 0.25) is 5.78 Å². The Hall–Kier alpha value is -4.92. The zero-order chi connectivity index (χ0) is 31.8. The summed E-state index contributed by atoms with van der Waals surface area (Å²) in [6.45, 7) is 1.77. The second-order valence-corrected chi connectivity index (χ2v) is 11.2. The largest absolute Gasteiger partial charge is 0.450 e. The maximum Gasteiger partial charge on any atom is 0.339 e. The number of imide groups is 1.